The Morgan fingerprint density at radius 3 is 2.24 bits per heavy atom. The van der Waals surface area contributed by atoms with Crippen LogP contribution < -0.4 is 15.5 Å². The van der Waals surface area contributed by atoms with Crippen molar-refractivity contribution in [3.05, 3.63) is 54.1 Å². The summed E-state index contributed by atoms with van der Waals surface area (Å²) in [6.07, 6.45) is 2.85. The standard InChI is InChI=1S/C23H29N3O3/c1-17-12-15-26(16-13-17)21-9-7-19(8-10-21)24-14-11-22(27)25-20-5-3-18(4-6-20)23(28)29-2/h3-10,17,24H,11-16H2,1-2H3,(H,25,27). The highest BCUT2D eigenvalue weighted by Gasteiger charge is 2.15. The van der Waals surface area contributed by atoms with E-state index in [-0.39, 0.29) is 5.91 Å². The Balaban J connectivity index is 1.41. The molecule has 0 atom stereocenters. The minimum Gasteiger partial charge on any atom is -0.465 e. The number of piperidine rings is 1. The first-order valence-corrected chi connectivity index (χ1v) is 10.1. The predicted octanol–water partition coefficient (Wildman–Crippen LogP) is 4.15. The highest BCUT2D eigenvalue weighted by atomic mass is 16.5. The summed E-state index contributed by atoms with van der Waals surface area (Å²) in [4.78, 5) is 26.0. The average molecular weight is 396 g/mol. The maximum Gasteiger partial charge on any atom is 0.337 e. The van der Waals surface area contributed by atoms with Crippen molar-refractivity contribution in [1.29, 1.82) is 0 Å². The third-order valence-electron chi connectivity index (χ3n) is 5.29. The van der Waals surface area contributed by atoms with Crippen LogP contribution in [-0.4, -0.2) is 38.6 Å². The molecule has 0 unspecified atom stereocenters. The Morgan fingerprint density at radius 2 is 1.62 bits per heavy atom. The molecule has 0 saturated carbocycles. The van der Waals surface area contributed by atoms with E-state index < -0.39 is 5.97 Å². The van der Waals surface area contributed by atoms with Gasteiger partial charge in [0.1, 0.15) is 0 Å². The van der Waals surface area contributed by atoms with Crippen LogP contribution in [0.4, 0.5) is 17.1 Å². The van der Waals surface area contributed by atoms with Gasteiger partial charge >= 0.3 is 5.97 Å². The van der Waals surface area contributed by atoms with E-state index in [0.717, 1.165) is 24.7 Å². The number of ether oxygens (including phenoxy) is 1. The van der Waals surface area contributed by atoms with Gasteiger partial charge < -0.3 is 20.3 Å². The molecule has 1 heterocycles. The van der Waals surface area contributed by atoms with E-state index in [1.807, 2.05) is 0 Å². The summed E-state index contributed by atoms with van der Waals surface area (Å²) in [7, 11) is 1.34. The van der Waals surface area contributed by atoms with Gasteiger partial charge in [-0.3, -0.25) is 4.79 Å². The molecule has 0 spiro atoms. The van der Waals surface area contributed by atoms with Gasteiger partial charge in [-0.05, 0) is 67.3 Å². The van der Waals surface area contributed by atoms with Gasteiger partial charge in [-0.25, -0.2) is 4.79 Å². The Kier molecular flexibility index (Phi) is 7.11. The Hall–Kier alpha value is -3.02. The van der Waals surface area contributed by atoms with Crippen molar-refractivity contribution in [3.63, 3.8) is 0 Å². The molecule has 1 fully saturated rings. The molecule has 154 valence electrons. The van der Waals surface area contributed by atoms with Crippen molar-refractivity contribution in [2.24, 2.45) is 5.92 Å². The Bertz CT molecular complexity index is 810. The largest absolute Gasteiger partial charge is 0.465 e. The summed E-state index contributed by atoms with van der Waals surface area (Å²) in [6.45, 7) is 5.11. The third kappa shape index (κ3) is 5.98. The Morgan fingerprint density at radius 1 is 1.00 bits per heavy atom. The first-order chi connectivity index (χ1) is 14.0. The molecule has 6 nitrogen and oxygen atoms in total. The zero-order chi connectivity index (χ0) is 20.6. The molecular weight excluding hydrogens is 366 g/mol. The second-order valence-corrected chi connectivity index (χ2v) is 7.51. The third-order valence-corrected chi connectivity index (χ3v) is 5.29. The van der Waals surface area contributed by atoms with Crippen LogP contribution in [0.5, 0.6) is 0 Å². The van der Waals surface area contributed by atoms with Crippen molar-refractivity contribution in [3.8, 4) is 0 Å². The van der Waals surface area contributed by atoms with E-state index in [0.29, 0.717) is 24.2 Å². The summed E-state index contributed by atoms with van der Waals surface area (Å²) in [5.41, 5.74) is 3.38. The van der Waals surface area contributed by atoms with Crippen molar-refractivity contribution in [2.45, 2.75) is 26.2 Å². The molecule has 1 aliphatic rings. The first kappa shape index (κ1) is 20.7. The zero-order valence-electron chi connectivity index (χ0n) is 17.1. The van der Waals surface area contributed by atoms with Crippen LogP contribution in [0.15, 0.2) is 48.5 Å². The van der Waals surface area contributed by atoms with Crippen molar-refractivity contribution >= 4 is 28.9 Å². The smallest absolute Gasteiger partial charge is 0.337 e. The minimum atomic E-state index is -0.395. The molecule has 1 amide bonds. The lowest BCUT2D eigenvalue weighted by Gasteiger charge is -2.32. The maximum atomic E-state index is 12.1. The maximum absolute atomic E-state index is 12.1. The molecule has 0 radical (unpaired) electrons. The number of rotatable bonds is 7. The molecule has 29 heavy (non-hydrogen) atoms. The number of benzene rings is 2. The SMILES string of the molecule is COC(=O)c1ccc(NC(=O)CCNc2ccc(N3CCC(C)CC3)cc2)cc1. The van der Waals surface area contributed by atoms with Crippen molar-refractivity contribution in [1.82, 2.24) is 0 Å². The van der Waals surface area contributed by atoms with Gasteiger partial charge in [0, 0.05) is 43.1 Å². The summed E-state index contributed by atoms with van der Waals surface area (Å²) in [5, 5.41) is 6.12. The van der Waals surface area contributed by atoms with Gasteiger partial charge in [-0.2, -0.15) is 0 Å². The van der Waals surface area contributed by atoms with E-state index in [1.165, 1.54) is 25.6 Å². The molecule has 2 N–H and O–H groups in total. The average Bonchev–Trinajstić information content (AvgIpc) is 2.75. The van der Waals surface area contributed by atoms with Crippen LogP contribution >= 0.6 is 0 Å². The predicted molar refractivity (Wildman–Crippen MR) is 117 cm³/mol. The quantitative estimate of drug-likeness (QED) is 0.689. The van der Waals surface area contributed by atoms with Crippen LogP contribution in [-0.2, 0) is 9.53 Å². The topological polar surface area (TPSA) is 70.7 Å². The number of amides is 1. The normalized spacial score (nSPS) is 14.3. The number of esters is 1. The van der Waals surface area contributed by atoms with Crippen LogP contribution in [0.1, 0.15) is 36.5 Å². The van der Waals surface area contributed by atoms with Gasteiger partial charge in [-0.15, -0.1) is 0 Å². The first-order valence-electron chi connectivity index (χ1n) is 10.1. The number of nitrogens with one attached hydrogen (secondary N) is 2. The fraction of sp³-hybridized carbons (Fsp3) is 0.391. The highest BCUT2D eigenvalue weighted by molar-refractivity contribution is 5.93. The number of anilines is 3. The second-order valence-electron chi connectivity index (χ2n) is 7.51. The fourth-order valence-electron chi connectivity index (χ4n) is 3.41. The fourth-order valence-corrected chi connectivity index (χ4v) is 3.41. The highest BCUT2D eigenvalue weighted by Crippen LogP contribution is 2.24. The van der Waals surface area contributed by atoms with Gasteiger partial charge in [0.2, 0.25) is 5.91 Å². The molecule has 6 heteroatoms. The lowest BCUT2D eigenvalue weighted by atomic mass is 9.99. The Labute approximate surface area is 172 Å². The van der Waals surface area contributed by atoms with Gasteiger partial charge in [0.05, 0.1) is 12.7 Å². The molecule has 0 aliphatic carbocycles. The summed E-state index contributed by atoms with van der Waals surface area (Å²) in [6, 6.07) is 15.1. The molecule has 1 saturated heterocycles. The number of nitrogens with zero attached hydrogens (tertiary/aromatic N) is 1. The van der Waals surface area contributed by atoms with Crippen LogP contribution in [0.2, 0.25) is 0 Å². The van der Waals surface area contributed by atoms with E-state index >= 15 is 0 Å². The van der Waals surface area contributed by atoms with E-state index in [1.54, 1.807) is 24.3 Å². The van der Waals surface area contributed by atoms with Gasteiger partial charge in [0.15, 0.2) is 0 Å². The summed E-state index contributed by atoms with van der Waals surface area (Å²) in [5.74, 6) is 0.347. The molecule has 2 aromatic carbocycles. The summed E-state index contributed by atoms with van der Waals surface area (Å²) >= 11 is 0. The zero-order valence-corrected chi connectivity index (χ0v) is 17.1. The lowest BCUT2D eigenvalue weighted by molar-refractivity contribution is -0.115. The van der Waals surface area contributed by atoms with E-state index in [9.17, 15) is 9.59 Å². The van der Waals surface area contributed by atoms with E-state index in [4.69, 9.17) is 0 Å². The molecule has 2 aromatic rings. The van der Waals surface area contributed by atoms with Crippen molar-refractivity contribution < 1.29 is 14.3 Å². The molecular formula is C23H29N3O3. The summed E-state index contributed by atoms with van der Waals surface area (Å²) < 4.78 is 4.66. The van der Waals surface area contributed by atoms with Crippen LogP contribution in [0.25, 0.3) is 0 Å². The molecule has 0 bridgehead atoms. The number of hydrogen-bond donors (Lipinski definition) is 2. The van der Waals surface area contributed by atoms with Crippen LogP contribution in [0.3, 0.4) is 0 Å². The minimum absolute atomic E-state index is 0.0811. The monoisotopic (exact) mass is 395 g/mol. The second kappa shape index (κ2) is 9.96. The van der Waals surface area contributed by atoms with Gasteiger partial charge in [-0.1, -0.05) is 6.92 Å². The number of hydrogen-bond acceptors (Lipinski definition) is 5. The van der Waals surface area contributed by atoms with Crippen molar-refractivity contribution in [2.75, 3.05) is 42.3 Å². The van der Waals surface area contributed by atoms with Crippen LogP contribution in [0, 0.1) is 5.92 Å². The van der Waals surface area contributed by atoms with Gasteiger partial charge in [0.25, 0.3) is 0 Å². The molecule has 0 aromatic heterocycles. The number of methoxy groups -OCH3 is 1. The molecule has 1 aliphatic heterocycles. The number of carbonyl (C=O) groups is 2. The molecule has 3 rings (SSSR count). The lowest BCUT2D eigenvalue weighted by Crippen LogP contribution is -2.32. The van der Waals surface area contributed by atoms with E-state index in [2.05, 4.69) is 51.5 Å². The number of carbonyl (C=O) groups excluding carboxylic acids is 2.